The van der Waals surface area contributed by atoms with Gasteiger partial charge in [0, 0.05) is 26.2 Å². The van der Waals surface area contributed by atoms with E-state index in [0.29, 0.717) is 0 Å². The van der Waals surface area contributed by atoms with Gasteiger partial charge < -0.3 is 86.3 Å². The maximum atomic E-state index is 5.46. The van der Waals surface area contributed by atoms with E-state index in [-0.39, 0.29) is 0 Å². The Kier molecular flexibility index (Phi) is 78.8. The average molecular weight is 898 g/mol. The highest BCUT2D eigenvalue weighted by atomic mass is 15.1. The Morgan fingerprint density at radius 3 is 0.984 bits per heavy atom. The molecule has 16 heteroatoms. The molecular formula is C46H120N16. The van der Waals surface area contributed by atoms with Crippen molar-refractivity contribution in [2.24, 2.45) is 57.7 Å². The summed E-state index contributed by atoms with van der Waals surface area (Å²) < 4.78 is 0. The lowest BCUT2D eigenvalue weighted by Crippen LogP contribution is -2.30. The van der Waals surface area contributed by atoms with Gasteiger partial charge in [-0.15, -0.1) is 0 Å². The van der Waals surface area contributed by atoms with E-state index in [0.717, 1.165) is 129 Å². The fourth-order valence-electron chi connectivity index (χ4n) is 5.79. The molecule has 19 N–H and O–H groups in total. The molecule has 0 unspecified atom stereocenters. The predicted octanol–water partition coefficient (Wildman–Crippen LogP) is 0.878. The number of unbranched alkanes of at least 4 members (excludes halogenated alkanes) is 3. The summed E-state index contributed by atoms with van der Waals surface area (Å²) in [6, 6.07) is 0. The van der Waals surface area contributed by atoms with Crippen LogP contribution >= 0.6 is 0 Å². The second-order valence-electron chi connectivity index (χ2n) is 17.3. The molecule has 384 valence electrons. The van der Waals surface area contributed by atoms with Crippen molar-refractivity contribution in [3.63, 3.8) is 0 Å². The van der Waals surface area contributed by atoms with Gasteiger partial charge in [0.05, 0.1) is 0 Å². The fraction of sp³-hybridized carbons (Fsp3) is 1.00. The summed E-state index contributed by atoms with van der Waals surface area (Å²) >= 11 is 0. The molecule has 0 atom stereocenters. The van der Waals surface area contributed by atoms with E-state index in [1.54, 1.807) is 0 Å². The van der Waals surface area contributed by atoms with Crippen LogP contribution in [0.4, 0.5) is 0 Å². The van der Waals surface area contributed by atoms with E-state index in [2.05, 4.69) is 82.7 Å². The molecule has 16 nitrogen and oxygen atoms in total. The van der Waals surface area contributed by atoms with Crippen molar-refractivity contribution in [2.75, 3.05) is 195 Å². The molecule has 2 fully saturated rings. The smallest absolute Gasteiger partial charge is 0.00985 e. The summed E-state index contributed by atoms with van der Waals surface area (Å²) in [5, 5.41) is 8.93. The van der Waals surface area contributed by atoms with Gasteiger partial charge in [-0.2, -0.15) is 0 Å². The van der Waals surface area contributed by atoms with Crippen LogP contribution in [0.5, 0.6) is 0 Å². The van der Waals surface area contributed by atoms with Gasteiger partial charge in [0.2, 0.25) is 0 Å². The first kappa shape index (κ1) is 72.9. The van der Waals surface area contributed by atoms with Gasteiger partial charge in [-0.1, -0.05) is 12.8 Å². The maximum Gasteiger partial charge on any atom is 0.00985 e. The third-order valence-electron chi connectivity index (χ3n) is 9.91. The molecule has 62 heavy (non-hydrogen) atoms. The minimum atomic E-state index is 0.733. The minimum absolute atomic E-state index is 0.733. The lowest BCUT2D eigenvalue weighted by atomic mass is 9.92. The quantitative estimate of drug-likeness (QED) is 0.0569. The number of hydrogen-bond donors (Lipinski definition) is 11. The molecular weight excluding hydrogens is 777 g/mol. The van der Waals surface area contributed by atoms with Gasteiger partial charge in [0.25, 0.3) is 0 Å². The summed E-state index contributed by atoms with van der Waals surface area (Å²) in [4.78, 5) is 11.2. The third-order valence-corrected chi connectivity index (χ3v) is 9.91. The van der Waals surface area contributed by atoms with Crippen LogP contribution in [0, 0.1) is 11.8 Å². The summed E-state index contributed by atoms with van der Waals surface area (Å²) in [6.45, 7) is 17.9. The first-order valence-corrected chi connectivity index (χ1v) is 24.6. The first-order valence-electron chi connectivity index (χ1n) is 24.6. The Labute approximate surface area is 388 Å². The highest BCUT2D eigenvalue weighted by molar-refractivity contribution is 4.70. The second kappa shape index (κ2) is 67.0. The average Bonchev–Trinajstić information content (AvgIpc) is 3.25. The van der Waals surface area contributed by atoms with E-state index in [4.69, 9.17) is 45.9 Å². The van der Waals surface area contributed by atoms with Crippen LogP contribution in [0.2, 0.25) is 0 Å². The Balaban J connectivity index is -0.000000147. The number of hydrogen-bond acceptors (Lipinski definition) is 16. The van der Waals surface area contributed by atoms with Gasteiger partial charge in [-0.25, -0.2) is 0 Å². The van der Waals surface area contributed by atoms with Crippen LogP contribution in [0.3, 0.4) is 0 Å². The van der Waals surface area contributed by atoms with Crippen LogP contribution in [0.15, 0.2) is 0 Å². The predicted molar refractivity (Wildman–Crippen MR) is 281 cm³/mol. The van der Waals surface area contributed by atoms with Crippen molar-refractivity contribution in [1.29, 1.82) is 0 Å². The van der Waals surface area contributed by atoms with E-state index in [9.17, 15) is 0 Å². The SMILES string of the molecule is CN(C)CCCCN.CN(C)CCCN.CN(C)CCN.CN1CCC(CCCCN)CC1.CN1CCC(CCCN)CC1.CNCCCCN.CNCCCN.CNCCN. The van der Waals surface area contributed by atoms with Gasteiger partial charge in [-0.05, 0) is 264 Å². The first-order chi connectivity index (χ1) is 29.7. The second-order valence-corrected chi connectivity index (χ2v) is 17.3. The molecule has 0 spiro atoms. The van der Waals surface area contributed by atoms with Crippen LogP contribution in [-0.4, -0.2) is 220 Å². The number of nitrogens with zero attached hydrogens (tertiary/aromatic N) is 5. The molecule has 0 saturated carbocycles. The molecule has 0 amide bonds. The zero-order chi connectivity index (χ0) is 48.5. The molecule has 0 aliphatic carbocycles. The van der Waals surface area contributed by atoms with Gasteiger partial charge in [0.15, 0.2) is 0 Å². The Morgan fingerprint density at radius 2 is 0.710 bits per heavy atom. The van der Waals surface area contributed by atoms with E-state index in [1.165, 1.54) is 96.8 Å². The van der Waals surface area contributed by atoms with Gasteiger partial charge in [0.1, 0.15) is 0 Å². The number of piperidine rings is 2. The van der Waals surface area contributed by atoms with Crippen molar-refractivity contribution >= 4 is 0 Å². The zero-order valence-electron chi connectivity index (χ0n) is 43.8. The Morgan fingerprint density at radius 1 is 0.371 bits per heavy atom. The molecule has 2 aliphatic rings. The van der Waals surface area contributed by atoms with E-state index < -0.39 is 0 Å². The van der Waals surface area contributed by atoms with Crippen molar-refractivity contribution in [3.05, 3.63) is 0 Å². The van der Waals surface area contributed by atoms with Gasteiger partial charge >= 0.3 is 0 Å². The molecule has 2 rings (SSSR count). The van der Waals surface area contributed by atoms with E-state index >= 15 is 0 Å². The van der Waals surface area contributed by atoms with Crippen LogP contribution in [-0.2, 0) is 0 Å². The molecule has 0 aromatic heterocycles. The van der Waals surface area contributed by atoms with Crippen LogP contribution < -0.4 is 61.8 Å². The van der Waals surface area contributed by atoms with Crippen molar-refractivity contribution in [2.45, 2.75) is 96.3 Å². The topological polar surface area (TPSA) is 260 Å². The van der Waals surface area contributed by atoms with Crippen molar-refractivity contribution in [3.8, 4) is 0 Å². The normalized spacial score (nSPS) is 14.2. The molecule has 0 bridgehead atoms. The summed E-state index contributed by atoms with van der Waals surface area (Å²) in [7, 11) is 22.5. The number of likely N-dealkylation sites (N-methyl/N-ethyl adjacent to an activating group) is 2. The highest BCUT2D eigenvalue weighted by Crippen LogP contribution is 2.21. The lowest BCUT2D eigenvalue weighted by molar-refractivity contribution is 0.210. The monoisotopic (exact) mass is 897 g/mol. The molecule has 0 radical (unpaired) electrons. The van der Waals surface area contributed by atoms with Crippen LogP contribution in [0.1, 0.15) is 96.3 Å². The number of nitrogens with two attached hydrogens (primary N) is 8. The zero-order valence-corrected chi connectivity index (χ0v) is 43.8. The summed E-state index contributed by atoms with van der Waals surface area (Å²) in [6.07, 6.45) is 19.0. The van der Waals surface area contributed by atoms with Gasteiger partial charge in [-0.3, -0.25) is 0 Å². The molecule has 2 aliphatic heterocycles. The minimum Gasteiger partial charge on any atom is -0.330 e. The number of rotatable bonds is 25. The lowest BCUT2D eigenvalue weighted by Gasteiger charge is -2.28. The summed E-state index contributed by atoms with van der Waals surface area (Å²) in [5.74, 6) is 1.96. The van der Waals surface area contributed by atoms with Crippen molar-refractivity contribution in [1.82, 2.24) is 40.4 Å². The number of nitrogens with one attached hydrogen (secondary N) is 3. The summed E-state index contributed by atoms with van der Waals surface area (Å²) in [5.41, 5.74) is 42.1. The standard InChI is InChI=1S/C10H22N2.C9H20N2.C6H16N2.2C5H14N2.2C4H12N2.C3H10N2/c1-12-8-5-10(6-9-12)4-2-3-7-11;1-11-7-4-9(5-8-11)3-2-6-10;1-8(2)6-4-3-5-7;1-7(2)5-3-4-6;1-7-5-3-2-4-6;1-6(2)4-3-5;1-6-4-2-3-5;1-5-3-2-4/h10H,2-9,11H2,1H3;9H,2-8,10H2,1H3;3-7H2,1-2H3;3-6H2,1-2H3;7H,2-6H2,1H3;3-5H2,1-2H3;6H,2-5H2,1H3;5H,2-4H2,1H3. The Hall–Kier alpha value is -0.640. The molecule has 2 heterocycles. The molecule has 0 aromatic rings. The molecule has 0 aromatic carbocycles. The largest absolute Gasteiger partial charge is 0.330 e. The highest BCUT2D eigenvalue weighted by Gasteiger charge is 2.16. The van der Waals surface area contributed by atoms with E-state index in [1.807, 2.05) is 35.2 Å². The Bertz CT molecular complexity index is 681. The van der Waals surface area contributed by atoms with Crippen molar-refractivity contribution < 1.29 is 0 Å². The number of likely N-dealkylation sites (tertiary alicyclic amines) is 2. The maximum absolute atomic E-state index is 5.46. The molecule has 2 saturated heterocycles. The third kappa shape index (κ3) is 83.0. The fourth-order valence-corrected chi connectivity index (χ4v) is 5.79. The van der Waals surface area contributed by atoms with Crippen LogP contribution in [0.25, 0.3) is 0 Å².